The smallest absolute Gasteiger partial charge is 0.224 e. The molecule has 2 unspecified atom stereocenters. The third-order valence-corrected chi connectivity index (χ3v) is 3.94. The number of rotatable bonds is 5. The minimum atomic E-state index is 0.219. The van der Waals surface area contributed by atoms with Crippen molar-refractivity contribution in [3.8, 4) is 0 Å². The molecule has 2 fully saturated rings. The van der Waals surface area contributed by atoms with Crippen LogP contribution in [0.4, 0.5) is 0 Å². The first-order valence-electron chi connectivity index (χ1n) is 6.69. The van der Waals surface area contributed by atoms with E-state index in [2.05, 4.69) is 10.2 Å². The number of piperidine rings is 1. The summed E-state index contributed by atoms with van der Waals surface area (Å²) in [6.45, 7) is 4.60. The summed E-state index contributed by atoms with van der Waals surface area (Å²) < 4.78 is 0. The maximum Gasteiger partial charge on any atom is 0.224 e. The molecule has 0 bridgehead atoms. The summed E-state index contributed by atoms with van der Waals surface area (Å²) in [7, 11) is 0. The van der Waals surface area contributed by atoms with Crippen LogP contribution in [0.1, 0.15) is 39.0 Å². The molecule has 0 aromatic rings. The second-order valence-corrected chi connectivity index (χ2v) is 5.26. The topological polar surface area (TPSA) is 49.4 Å². The summed E-state index contributed by atoms with van der Waals surface area (Å²) >= 11 is 0. The molecule has 0 radical (unpaired) electrons. The van der Waals surface area contributed by atoms with Crippen LogP contribution in [0, 0.1) is 5.92 Å². The lowest BCUT2D eigenvalue weighted by Crippen LogP contribution is -2.45. The summed E-state index contributed by atoms with van der Waals surface area (Å²) in [6, 6.07) is 0.411. The second-order valence-electron chi connectivity index (χ2n) is 5.26. The van der Waals surface area contributed by atoms with Crippen LogP contribution < -0.4 is 5.32 Å². The molecule has 0 aromatic heterocycles. The lowest BCUT2D eigenvalue weighted by Gasteiger charge is -2.35. The van der Waals surface area contributed by atoms with E-state index in [-0.39, 0.29) is 17.6 Å². The highest BCUT2D eigenvalue weighted by molar-refractivity contribution is 5.82. The molecule has 0 aromatic carbocycles. The summed E-state index contributed by atoms with van der Waals surface area (Å²) in [5.41, 5.74) is 0. The molecule has 0 saturated carbocycles. The molecule has 1 N–H and O–H groups in total. The fraction of sp³-hybridized carbons (Fsp3) is 0.846. The van der Waals surface area contributed by atoms with E-state index in [1.807, 2.05) is 0 Å². The Morgan fingerprint density at radius 2 is 2.29 bits per heavy atom. The number of unbranched alkanes of at least 4 members (excludes halogenated alkanes) is 1. The zero-order valence-corrected chi connectivity index (χ0v) is 10.6. The van der Waals surface area contributed by atoms with Crippen molar-refractivity contribution in [1.82, 2.24) is 10.2 Å². The van der Waals surface area contributed by atoms with E-state index in [0.717, 1.165) is 45.3 Å². The van der Waals surface area contributed by atoms with Crippen LogP contribution in [0.25, 0.3) is 0 Å². The third-order valence-electron chi connectivity index (χ3n) is 3.94. The SMILES string of the molecule is CC(=O)CCCCN1CCCC2C(=O)NCC21. The summed E-state index contributed by atoms with van der Waals surface area (Å²) in [4.78, 5) is 24.9. The van der Waals surface area contributed by atoms with Gasteiger partial charge in [-0.1, -0.05) is 0 Å². The van der Waals surface area contributed by atoms with E-state index < -0.39 is 0 Å². The number of nitrogens with one attached hydrogen (secondary N) is 1. The molecule has 96 valence electrons. The van der Waals surface area contributed by atoms with E-state index in [4.69, 9.17) is 0 Å². The van der Waals surface area contributed by atoms with Crippen LogP contribution in [0.15, 0.2) is 0 Å². The Hall–Kier alpha value is -0.900. The van der Waals surface area contributed by atoms with Crippen LogP contribution in [-0.2, 0) is 9.59 Å². The molecule has 2 atom stereocenters. The molecular formula is C13H22N2O2. The first-order chi connectivity index (χ1) is 8.18. The molecule has 1 amide bonds. The van der Waals surface area contributed by atoms with Gasteiger partial charge in [0.2, 0.25) is 5.91 Å². The molecule has 2 rings (SSSR count). The molecule has 4 heteroatoms. The zero-order chi connectivity index (χ0) is 12.3. The van der Waals surface area contributed by atoms with Crippen molar-refractivity contribution in [3.05, 3.63) is 0 Å². The van der Waals surface area contributed by atoms with Gasteiger partial charge < -0.3 is 10.1 Å². The lowest BCUT2D eigenvalue weighted by molar-refractivity contribution is -0.124. The molecular weight excluding hydrogens is 216 g/mol. The van der Waals surface area contributed by atoms with Gasteiger partial charge in [-0.25, -0.2) is 0 Å². The zero-order valence-electron chi connectivity index (χ0n) is 10.6. The lowest BCUT2D eigenvalue weighted by atomic mass is 9.91. The number of Topliss-reactive ketones (excluding diaryl/α,β-unsaturated/α-hetero) is 1. The van der Waals surface area contributed by atoms with E-state index in [9.17, 15) is 9.59 Å². The van der Waals surface area contributed by atoms with Crippen LogP contribution in [-0.4, -0.2) is 42.3 Å². The molecule has 17 heavy (non-hydrogen) atoms. The van der Waals surface area contributed by atoms with Crippen molar-refractivity contribution in [1.29, 1.82) is 0 Å². The average molecular weight is 238 g/mol. The summed E-state index contributed by atoms with van der Waals surface area (Å²) in [5, 5.41) is 2.97. The Kier molecular flexibility index (Phi) is 4.15. The van der Waals surface area contributed by atoms with Crippen molar-refractivity contribution >= 4 is 11.7 Å². The quantitative estimate of drug-likeness (QED) is 0.726. The number of hydrogen-bond donors (Lipinski definition) is 1. The first kappa shape index (κ1) is 12.6. The van der Waals surface area contributed by atoms with Gasteiger partial charge in [-0.2, -0.15) is 0 Å². The predicted octanol–water partition coefficient (Wildman–Crippen LogP) is 0.956. The molecule has 2 saturated heterocycles. The van der Waals surface area contributed by atoms with Crippen molar-refractivity contribution < 1.29 is 9.59 Å². The Bertz CT molecular complexity index is 304. The minimum absolute atomic E-state index is 0.219. The Labute approximate surface area is 103 Å². The highest BCUT2D eigenvalue weighted by Crippen LogP contribution is 2.27. The first-order valence-corrected chi connectivity index (χ1v) is 6.69. The second kappa shape index (κ2) is 5.63. The molecule has 2 aliphatic heterocycles. The summed E-state index contributed by atoms with van der Waals surface area (Å²) in [5.74, 6) is 0.735. The number of hydrogen-bond acceptors (Lipinski definition) is 3. The van der Waals surface area contributed by atoms with Crippen molar-refractivity contribution in [2.75, 3.05) is 19.6 Å². The van der Waals surface area contributed by atoms with Gasteiger partial charge in [0, 0.05) is 19.0 Å². The van der Waals surface area contributed by atoms with Crippen molar-refractivity contribution in [3.63, 3.8) is 0 Å². The van der Waals surface area contributed by atoms with Crippen LogP contribution in [0.5, 0.6) is 0 Å². The third kappa shape index (κ3) is 3.06. The normalized spacial score (nSPS) is 28.9. The summed E-state index contributed by atoms with van der Waals surface area (Å²) in [6.07, 6.45) is 4.91. The molecule has 0 aliphatic carbocycles. The van der Waals surface area contributed by atoms with Gasteiger partial charge in [0.25, 0.3) is 0 Å². The number of ketones is 1. The molecule has 4 nitrogen and oxygen atoms in total. The van der Waals surface area contributed by atoms with E-state index in [1.54, 1.807) is 6.92 Å². The Morgan fingerprint density at radius 3 is 3.06 bits per heavy atom. The van der Waals surface area contributed by atoms with Crippen LogP contribution >= 0.6 is 0 Å². The Balaban J connectivity index is 1.76. The van der Waals surface area contributed by atoms with Crippen molar-refractivity contribution in [2.45, 2.75) is 45.1 Å². The van der Waals surface area contributed by atoms with Gasteiger partial charge in [-0.15, -0.1) is 0 Å². The molecule has 0 spiro atoms. The van der Waals surface area contributed by atoms with E-state index in [1.165, 1.54) is 0 Å². The van der Waals surface area contributed by atoms with E-state index in [0.29, 0.717) is 12.5 Å². The van der Waals surface area contributed by atoms with Gasteiger partial charge in [0.05, 0.1) is 5.92 Å². The number of amides is 1. The fourth-order valence-electron chi connectivity index (χ4n) is 3.01. The van der Waals surface area contributed by atoms with Gasteiger partial charge in [-0.3, -0.25) is 9.69 Å². The highest BCUT2D eigenvalue weighted by Gasteiger charge is 2.40. The predicted molar refractivity (Wildman–Crippen MR) is 65.6 cm³/mol. The number of carbonyl (C=O) groups excluding carboxylic acids is 2. The minimum Gasteiger partial charge on any atom is -0.354 e. The van der Waals surface area contributed by atoms with Gasteiger partial charge in [0.1, 0.15) is 5.78 Å². The van der Waals surface area contributed by atoms with Gasteiger partial charge in [0.15, 0.2) is 0 Å². The largest absolute Gasteiger partial charge is 0.354 e. The van der Waals surface area contributed by atoms with Crippen LogP contribution in [0.2, 0.25) is 0 Å². The fourth-order valence-corrected chi connectivity index (χ4v) is 3.01. The average Bonchev–Trinajstić information content (AvgIpc) is 2.67. The van der Waals surface area contributed by atoms with Crippen LogP contribution in [0.3, 0.4) is 0 Å². The number of carbonyl (C=O) groups is 2. The maximum atomic E-state index is 11.6. The monoisotopic (exact) mass is 238 g/mol. The molecule has 2 aliphatic rings. The Morgan fingerprint density at radius 1 is 1.47 bits per heavy atom. The maximum absolute atomic E-state index is 11.6. The molecule has 2 heterocycles. The number of likely N-dealkylation sites (tertiary alicyclic amines) is 1. The number of fused-ring (bicyclic) bond motifs is 1. The standard InChI is InChI=1S/C13H22N2O2/c1-10(16)5-2-3-7-15-8-4-6-11-12(15)9-14-13(11)17/h11-12H,2-9H2,1H3,(H,14,17). The number of nitrogens with zero attached hydrogens (tertiary/aromatic N) is 1. The van der Waals surface area contributed by atoms with E-state index >= 15 is 0 Å². The highest BCUT2D eigenvalue weighted by atomic mass is 16.2. The van der Waals surface area contributed by atoms with Gasteiger partial charge in [-0.05, 0) is 45.7 Å². The van der Waals surface area contributed by atoms with Crippen molar-refractivity contribution in [2.24, 2.45) is 5.92 Å². The van der Waals surface area contributed by atoms with Gasteiger partial charge >= 0.3 is 0 Å².